The van der Waals surface area contributed by atoms with E-state index in [1.165, 1.54) is 0 Å². The van der Waals surface area contributed by atoms with E-state index in [-0.39, 0.29) is 0 Å². The lowest BCUT2D eigenvalue weighted by atomic mass is 10.3. The van der Waals surface area contributed by atoms with E-state index in [2.05, 4.69) is 33.2 Å². The summed E-state index contributed by atoms with van der Waals surface area (Å²) in [6, 6.07) is 5.97. The van der Waals surface area contributed by atoms with Gasteiger partial charge >= 0.3 is 0 Å². The number of ether oxygens (including phenoxy) is 1. The molecular formula is C13H16BrN3O. The van der Waals surface area contributed by atoms with Crippen molar-refractivity contribution in [1.29, 1.82) is 0 Å². The maximum atomic E-state index is 5.31. The Hall–Kier alpha value is -1.49. The molecule has 4 nitrogen and oxygen atoms in total. The van der Waals surface area contributed by atoms with Crippen LogP contribution in [0.25, 0.3) is 5.69 Å². The Morgan fingerprint density at radius 2 is 2.22 bits per heavy atom. The Kier molecular flexibility index (Phi) is 3.91. The lowest BCUT2D eigenvalue weighted by Gasteiger charge is -2.10. The monoisotopic (exact) mass is 309 g/mol. The largest absolute Gasteiger partial charge is 0.495 e. The zero-order chi connectivity index (χ0) is 13.1. The fraction of sp³-hybridized carbons (Fsp3) is 0.308. The fourth-order valence-corrected chi connectivity index (χ4v) is 2.18. The third kappa shape index (κ3) is 2.51. The van der Waals surface area contributed by atoms with E-state index in [0.29, 0.717) is 0 Å². The molecule has 0 radical (unpaired) electrons. The number of hydrogen-bond donors (Lipinski definition) is 1. The van der Waals surface area contributed by atoms with Gasteiger partial charge in [-0.25, -0.2) is 4.98 Å². The molecule has 0 saturated carbocycles. The molecule has 5 heteroatoms. The summed E-state index contributed by atoms with van der Waals surface area (Å²) in [4.78, 5) is 4.45. The van der Waals surface area contributed by atoms with Crippen LogP contribution in [0.15, 0.2) is 28.9 Å². The van der Waals surface area contributed by atoms with Gasteiger partial charge < -0.3 is 10.1 Å². The summed E-state index contributed by atoms with van der Waals surface area (Å²) in [6.45, 7) is 4.87. The average Bonchev–Trinajstić information content (AvgIpc) is 2.71. The second-order valence-electron chi connectivity index (χ2n) is 3.93. The summed E-state index contributed by atoms with van der Waals surface area (Å²) < 4.78 is 8.27. The highest BCUT2D eigenvalue weighted by molar-refractivity contribution is 9.10. The van der Waals surface area contributed by atoms with Gasteiger partial charge in [0.05, 0.1) is 23.0 Å². The predicted octanol–water partition coefficient (Wildman–Crippen LogP) is 3.38. The Morgan fingerprint density at radius 1 is 1.44 bits per heavy atom. The number of halogens is 1. The van der Waals surface area contributed by atoms with Crippen molar-refractivity contribution in [1.82, 2.24) is 9.55 Å². The number of imidazole rings is 1. The minimum Gasteiger partial charge on any atom is -0.495 e. The number of nitrogens with one attached hydrogen (secondary N) is 1. The van der Waals surface area contributed by atoms with E-state index in [1.807, 2.05) is 35.9 Å². The van der Waals surface area contributed by atoms with Crippen LogP contribution in [0, 0.1) is 6.92 Å². The molecule has 2 aromatic rings. The Bertz CT molecular complexity index is 551. The van der Waals surface area contributed by atoms with Crippen LogP contribution in [0.1, 0.15) is 12.6 Å². The molecule has 0 unspecified atom stereocenters. The number of benzene rings is 1. The third-order valence-corrected chi connectivity index (χ3v) is 3.23. The Balaban J connectivity index is 2.47. The van der Waals surface area contributed by atoms with Crippen LogP contribution < -0.4 is 10.1 Å². The van der Waals surface area contributed by atoms with Gasteiger partial charge in [-0.05, 0) is 41.9 Å². The smallest absolute Gasteiger partial charge is 0.207 e. The zero-order valence-corrected chi connectivity index (χ0v) is 12.3. The van der Waals surface area contributed by atoms with Crippen LogP contribution in [-0.2, 0) is 0 Å². The van der Waals surface area contributed by atoms with Crippen molar-refractivity contribution in [3.05, 3.63) is 34.6 Å². The molecule has 0 atom stereocenters. The molecule has 0 amide bonds. The minimum atomic E-state index is 0.807. The average molecular weight is 310 g/mol. The highest BCUT2D eigenvalue weighted by Crippen LogP contribution is 2.28. The van der Waals surface area contributed by atoms with Gasteiger partial charge in [-0.15, -0.1) is 0 Å². The van der Waals surface area contributed by atoms with Crippen molar-refractivity contribution >= 4 is 21.9 Å². The fourth-order valence-electron chi connectivity index (χ4n) is 1.78. The maximum absolute atomic E-state index is 5.31. The molecule has 0 spiro atoms. The van der Waals surface area contributed by atoms with Gasteiger partial charge in [0.15, 0.2) is 0 Å². The minimum absolute atomic E-state index is 0.807. The highest BCUT2D eigenvalue weighted by atomic mass is 79.9. The third-order valence-electron chi connectivity index (χ3n) is 2.57. The second kappa shape index (κ2) is 5.44. The van der Waals surface area contributed by atoms with Gasteiger partial charge in [0.25, 0.3) is 0 Å². The highest BCUT2D eigenvalue weighted by Gasteiger charge is 2.09. The van der Waals surface area contributed by atoms with Crippen molar-refractivity contribution in [2.24, 2.45) is 0 Å². The number of hydrogen-bond acceptors (Lipinski definition) is 3. The Labute approximate surface area is 115 Å². The van der Waals surface area contributed by atoms with E-state index >= 15 is 0 Å². The van der Waals surface area contributed by atoms with Crippen LogP contribution in [0.5, 0.6) is 5.75 Å². The molecule has 0 aliphatic heterocycles. The molecule has 0 saturated heterocycles. The normalized spacial score (nSPS) is 10.4. The molecule has 1 aromatic carbocycles. The van der Waals surface area contributed by atoms with Crippen molar-refractivity contribution in [3.8, 4) is 11.4 Å². The number of anilines is 1. The second-order valence-corrected chi connectivity index (χ2v) is 4.78. The van der Waals surface area contributed by atoms with E-state index in [0.717, 1.165) is 34.1 Å². The first kappa shape index (κ1) is 13.0. The molecule has 0 bridgehead atoms. The summed E-state index contributed by atoms with van der Waals surface area (Å²) in [5, 5.41) is 3.25. The van der Waals surface area contributed by atoms with E-state index in [9.17, 15) is 0 Å². The van der Waals surface area contributed by atoms with Gasteiger partial charge in [0.1, 0.15) is 5.75 Å². The van der Waals surface area contributed by atoms with Gasteiger partial charge in [-0.2, -0.15) is 0 Å². The molecule has 96 valence electrons. The van der Waals surface area contributed by atoms with Crippen molar-refractivity contribution in [2.75, 3.05) is 19.0 Å². The maximum Gasteiger partial charge on any atom is 0.207 e. The summed E-state index contributed by atoms with van der Waals surface area (Å²) in [6.07, 6.45) is 2.00. The van der Waals surface area contributed by atoms with Crippen LogP contribution in [0.4, 0.5) is 5.95 Å². The molecule has 1 aromatic heterocycles. The quantitative estimate of drug-likeness (QED) is 0.941. The standard InChI is InChI=1S/C13H16BrN3O/c1-4-15-13-16-9(2)8-17(13)10-5-6-11(14)12(7-10)18-3/h5-8H,4H2,1-3H3,(H,15,16). The molecule has 0 aliphatic rings. The number of nitrogens with zero attached hydrogens (tertiary/aromatic N) is 2. The van der Waals surface area contributed by atoms with Crippen LogP contribution in [0.2, 0.25) is 0 Å². The predicted molar refractivity (Wildman–Crippen MR) is 76.7 cm³/mol. The number of rotatable bonds is 4. The van der Waals surface area contributed by atoms with Crippen LogP contribution >= 0.6 is 15.9 Å². The summed E-state index contributed by atoms with van der Waals surface area (Å²) >= 11 is 3.45. The van der Waals surface area contributed by atoms with Crippen molar-refractivity contribution in [3.63, 3.8) is 0 Å². The molecule has 0 fully saturated rings. The molecule has 0 aliphatic carbocycles. The SMILES string of the molecule is CCNc1nc(C)cn1-c1ccc(Br)c(OC)c1. The molecule has 1 N–H and O–H groups in total. The summed E-state index contributed by atoms with van der Waals surface area (Å²) in [5.41, 5.74) is 2.00. The summed E-state index contributed by atoms with van der Waals surface area (Å²) in [7, 11) is 1.66. The number of aryl methyl sites for hydroxylation is 1. The van der Waals surface area contributed by atoms with Gasteiger partial charge in [0, 0.05) is 18.8 Å². The topological polar surface area (TPSA) is 39.1 Å². The van der Waals surface area contributed by atoms with Crippen LogP contribution in [0.3, 0.4) is 0 Å². The lowest BCUT2D eigenvalue weighted by molar-refractivity contribution is 0.412. The summed E-state index contributed by atoms with van der Waals surface area (Å²) in [5.74, 6) is 1.65. The van der Waals surface area contributed by atoms with Crippen molar-refractivity contribution < 1.29 is 4.74 Å². The first-order chi connectivity index (χ1) is 8.65. The lowest BCUT2D eigenvalue weighted by Crippen LogP contribution is -2.05. The van der Waals surface area contributed by atoms with E-state index in [4.69, 9.17) is 4.74 Å². The first-order valence-corrected chi connectivity index (χ1v) is 6.58. The van der Waals surface area contributed by atoms with Gasteiger partial charge in [-0.1, -0.05) is 0 Å². The number of aromatic nitrogens is 2. The zero-order valence-electron chi connectivity index (χ0n) is 10.7. The molecule has 2 rings (SSSR count). The number of methoxy groups -OCH3 is 1. The first-order valence-electron chi connectivity index (χ1n) is 5.79. The van der Waals surface area contributed by atoms with Gasteiger partial charge in [-0.3, -0.25) is 4.57 Å². The van der Waals surface area contributed by atoms with Gasteiger partial charge in [0.2, 0.25) is 5.95 Å². The molecule has 1 heterocycles. The Morgan fingerprint density at radius 3 is 2.89 bits per heavy atom. The van der Waals surface area contributed by atoms with E-state index in [1.54, 1.807) is 7.11 Å². The van der Waals surface area contributed by atoms with E-state index < -0.39 is 0 Å². The van der Waals surface area contributed by atoms with Crippen molar-refractivity contribution in [2.45, 2.75) is 13.8 Å². The molecule has 18 heavy (non-hydrogen) atoms. The van der Waals surface area contributed by atoms with Crippen LogP contribution in [-0.4, -0.2) is 23.2 Å². The molecular weight excluding hydrogens is 294 g/mol.